The molecule has 0 heterocycles. The van der Waals surface area contributed by atoms with E-state index in [0.717, 1.165) is 25.7 Å². The maximum atomic E-state index is 11.8. The zero-order valence-electron chi connectivity index (χ0n) is 13.9. The lowest BCUT2D eigenvalue weighted by atomic mass is 10.1. The van der Waals surface area contributed by atoms with E-state index in [9.17, 15) is 14.4 Å². The first kappa shape index (κ1) is 20.4. The van der Waals surface area contributed by atoms with Gasteiger partial charge in [0, 0.05) is 13.3 Å². The first-order chi connectivity index (χ1) is 10.5. The van der Waals surface area contributed by atoms with E-state index in [1.54, 1.807) is 0 Å². The molecule has 128 valence electrons. The van der Waals surface area contributed by atoms with E-state index in [1.807, 2.05) is 13.8 Å². The van der Waals surface area contributed by atoms with Crippen molar-refractivity contribution in [3.8, 4) is 0 Å². The molecular formula is C16H28O6. The summed E-state index contributed by atoms with van der Waals surface area (Å²) in [5.41, 5.74) is 0. The third-order valence-electron chi connectivity index (χ3n) is 2.92. The van der Waals surface area contributed by atoms with Crippen molar-refractivity contribution in [1.82, 2.24) is 0 Å². The summed E-state index contributed by atoms with van der Waals surface area (Å²) in [5.74, 6) is -1.39. The number of carbonyl (C=O) groups excluding carboxylic acids is 3. The molecule has 0 saturated carbocycles. The van der Waals surface area contributed by atoms with Crippen molar-refractivity contribution in [2.75, 3.05) is 13.2 Å². The minimum absolute atomic E-state index is 0.198. The second-order valence-corrected chi connectivity index (χ2v) is 5.09. The number of carbonyl (C=O) groups is 3. The van der Waals surface area contributed by atoms with Gasteiger partial charge in [-0.3, -0.25) is 9.59 Å². The zero-order valence-corrected chi connectivity index (χ0v) is 13.9. The van der Waals surface area contributed by atoms with Gasteiger partial charge < -0.3 is 14.2 Å². The van der Waals surface area contributed by atoms with E-state index in [0.29, 0.717) is 19.6 Å². The zero-order chi connectivity index (χ0) is 16.8. The van der Waals surface area contributed by atoms with E-state index < -0.39 is 18.0 Å². The van der Waals surface area contributed by atoms with Crippen molar-refractivity contribution in [2.24, 2.45) is 0 Å². The fraction of sp³-hybridized carbons (Fsp3) is 0.812. The van der Waals surface area contributed by atoms with Gasteiger partial charge in [0.05, 0.1) is 13.2 Å². The lowest BCUT2D eigenvalue weighted by Gasteiger charge is -2.15. The molecule has 1 atom stereocenters. The van der Waals surface area contributed by atoms with Gasteiger partial charge in [0.2, 0.25) is 0 Å². The molecule has 0 saturated heterocycles. The van der Waals surface area contributed by atoms with Gasteiger partial charge in [-0.15, -0.1) is 0 Å². The monoisotopic (exact) mass is 316 g/mol. The molecule has 0 aromatic carbocycles. The molecule has 0 bridgehead atoms. The fourth-order valence-electron chi connectivity index (χ4n) is 1.67. The highest BCUT2D eigenvalue weighted by Crippen LogP contribution is 2.09. The molecule has 22 heavy (non-hydrogen) atoms. The highest BCUT2D eigenvalue weighted by atomic mass is 16.6. The van der Waals surface area contributed by atoms with Gasteiger partial charge in [0.15, 0.2) is 6.10 Å². The van der Waals surface area contributed by atoms with Crippen molar-refractivity contribution in [1.29, 1.82) is 0 Å². The number of esters is 3. The maximum absolute atomic E-state index is 11.8. The summed E-state index contributed by atoms with van der Waals surface area (Å²) in [5, 5.41) is 0. The van der Waals surface area contributed by atoms with Crippen molar-refractivity contribution in [3.63, 3.8) is 0 Å². The molecule has 0 N–H and O–H groups in total. The molecule has 0 fully saturated rings. The van der Waals surface area contributed by atoms with E-state index in [4.69, 9.17) is 14.2 Å². The van der Waals surface area contributed by atoms with Crippen LogP contribution in [0.15, 0.2) is 0 Å². The highest BCUT2D eigenvalue weighted by Gasteiger charge is 2.23. The van der Waals surface area contributed by atoms with Gasteiger partial charge in [-0.25, -0.2) is 4.79 Å². The van der Waals surface area contributed by atoms with Gasteiger partial charge in [-0.1, -0.05) is 26.7 Å². The Labute approximate surface area is 132 Å². The predicted molar refractivity (Wildman–Crippen MR) is 81.1 cm³/mol. The first-order valence-electron chi connectivity index (χ1n) is 8.00. The quantitative estimate of drug-likeness (QED) is 0.313. The molecule has 1 unspecified atom stereocenters. The molecule has 0 aromatic rings. The van der Waals surface area contributed by atoms with Crippen LogP contribution in [-0.2, 0) is 28.6 Å². The number of rotatable bonds is 12. The number of hydrogen-bond donors (Lipinski definition) is 0. The Morgan fingerprint density at radius 2 is 1.50 bits per heavy atom. The van der Waals surface area contributed by atoms with Gasteiger partial charge in [-0.2, -0.15) is 0 Å². The molecule has 0 aliphatic heterocycles. The van der Waals surface area contributed by atoms with Crippen LogP contribution in [0.1, 0.15) is 65.7 Å². The molecule has 0 radical (unpaired) electrons. The Bertz CT molecular complexity index is 340. The minimum atomic E-state index is -0.946. The summed E-state index contributed by atoms with van der Waals surface area (Å²) < 4.78 is 15.0. The molecule has 0 spiro atoms. The summed E-state index contributed by atoms with van der Waals surface area (Å²) in [6.07, 6.45) is 3.40. The van der Waals surface area contributed by atoms with Crippen LogP contribution in [0.2, 0.25) is 0 Å². The second kappa shape index (κ2) is 13.1. The van der Waals surface area contributed by atoms with E-state index in [-0.39, 0.29) is 18.8 Å². The summed E-state index contributed by atoms with van der Waals surface area (Å²) in [6.45, 7) is 5.97. The summed E-state index contributed by atoms with van der Waals surface area (Å²) in [7, 11) is 0. The minimum Gasteiger partial charge on any atom is -0.466 e. The predicted octanol–water partition coefficient (Wildman–Crippen LogP) is 2.78. The normalized spacial score (nSPS) is 11.6. The molecule has 0 rings (SSSR count). The standard InChI is InChI=1S/C16H28O6/c1-4-6-11-20-15(18)10-8-9-14(22-13(3)17)16(19)21-12-7-5-2/h14H,4-12H2,1-3H3. The Morgan fingerprint density at radius 3 is 2.05 bits per heavy atom. The van der Waals surface area contributed by atoms with Gasteiger partial charge >= 0.3 is 17.9 Å². The molecule has 6 heteroatoms. The average Bonchev–Trinajstić information content (AvgIpc) is 2.46. The lowest BCUT2D eigenvalue weighted by molar-refractivity contribution is -0.167. The topological polar surface area (TPSA) is 78.9 Å². The largest absolute Gasteiger partial charge is 0.466 e. The third kappa shape index (κ3) is 11.1. The van der Waals surface area contributed by atoms with Gasteiger partial charge in [0.1, 0.15) is 0 Å². The van der Waals surface area contributed by atoms with E-state index in [2.05, 4.69) is 0 Å². The van der Waals surface area contributed by atoms with Crippen LogP contribution in [-0.4, -0.2) is 37.2 Å². The molecule has 6 nitrogen and oxygen atoms in total. The summed E-state index contributed by atoms with van der Waals surface area (Å²) in [4.78, 5) is 34.3. The van der Waals surface area contributed by atoms with Crippen LogP contribution >= 0.6 is 0 Å². The molecule has 0 amide bonds. The van der Waals surface area contributed by atoms with Crippen molar-refractivity contribution in [3.05, 3.63) is 0 Å². The second-order valence-electron chi connectivity index (χ2n) is 5.09. The van der Waals surface area contributed by atoms with Crippen molar-refractivity contribution >= 4 is 17.9 Å². The third-order valence-corrected chi connectivity index (χ3v) is 2.92. The van der Waals surface area contributed by atoms with Crippen LogP contribution in [0.4, 0.5) is 0 Å². The lowest BCUT2D eigenvalue weighted by Crippen LogP contribution is -2.29. The Kier molecular flexibility index (Phi) is 12.2. The maximum Gasteiger partial charge on any atom is 0.347 e. The Hall–Kier alpha value is -1.59. The SMILES string of the molecule is CCCCOC(=O)CCCC(OC(C)=O)C(=O)OCCCC. The van der Waals surface area contributed by atoms with Gasteiger partial charge in [-0.05, 0) is 25.7 Å². The van der Waals surface area contributed by atoms with Crippen LogP contribution in [0.25, 0.3) is 0 Å². The smallest absolute Gasteiger partial charge is 0.347 e. The highest BCUT2D eigenvalue weighted by molar-refractivity contribution is 5.78. The molecular weight excluding hydrogens is 288 g/mol. The van der Waals surface area contributed by atoms with Crippen LogP contribution in [0.3, 0.4) is 0 Å². The number of hydrogen-bond acceptors (Lipinski definition) is 6. The van der Waals surface area contributed by atoms with Crippen molar-refractivity contribution < 1.29 is 28.6 Å². The van der Waals surface area contributed by atoms with Crippen LogP contribution < -0.4 is 0 Å². The Balaban J connectivity index is 4.10. The average molecular weight is 316 g/mol. The molecule has 0 aromatic heterocycles. The first-order valence-corrected chi connectivity index (χ1v) is 8.00. The van der Waals surface area contributed by atoms with E-state index in [1.165, 1.54) is 6.92 Å². The van der Waals surface area contributed by atoms with Crippen molar-refractivity contribution in [2.45, 2.75) is 71.8 Å². The van der Waals surface area contributed by atoms with Gasteiger partial charge in [0.25, 0.3) is 0 Å². The molecule has 0 aliphatic carbocycles. The van der Waals surface area contributed by atoms with Crippen LogP contribution in [0.5, 0.6) is 0 Å². The number of ether oxygens (including phenoxy) is 3. The molecule has 0 aliphatic rings. The fourth-order valence-corrected chi connectivity index (χ4v) is 1.67. The summed E-state index contributed by atoms with van der Waals surface area (Å²) >= 11 is 0. The number of unbranched alkanes of at least 4 members (excludes halogenated alkanes) is 2. The van der Waals surface area contributed by atoms with Crippen LogP contribution in [0, 0.1) is 0 Å². The summed E-state index contributed by atoms with van der Waals surface area (Å²) in [6, 6.07) is 0. The van der Waals surface area contributed by atoms with E-state index >= 15 is 0 Å². The Morgan fingerprint density at radius 1 is 0.909 bits per heavy atom.